The zero-order valence-electron chi connectivity index (χ0n) is 9.11. The molecule has 0 saturated heterocycles. The first kappa shape index (κ1) is 12.7. The van der Waals surface area contributed by atoms with Crippen molar-refractivity contribution in [1.82, 2.24) is 14.9 Å². The first-order valence-electron chi connectivity index (χ1n) is 4.69. The van der Waals surface area contributed by atoms with Gasteiger partial charge in [-0.25, -0.2) is 8.42 Å². The van der Waals surface area contributed by atoms with Crippen LogP contribution in [-0.2, 0) is 10.0 Å². The van der Waals surface area contributed by atoms with E-state index in [9.17, 15) is 8.42 Å². The van der Waals surface area contributed by atoms with Gasteiger partial charge in [0, 0.05) is 6.20 Å². The molecule has 8 heteroatoms. The van der Waals surface area contributed by atoms with Crippen LogP contribution < -0.4 is 10.5 Å². The summed E-state index contributed by atoms with van der Waals surface area (Å²) in [4.78, 5) is 0.0217. The fourth-order valence-electron chi connectivity index (χ4n) is 1.06. The second-order valence-corrected chi connectivity index (χ2v) is 5.32. The van der Waals surface area contributed by atoms with Crippen LogP contribution in [0.5, 0.6) is 0 Å². The molecule has 0 spiro atoms. The van der Waals surface area contributed by atoms with Gasteiger partial charge in [-0.3, -0.25) is 10.5 Å². The first-order valence-corrected chi connectivity index (χ1v) is 6.17. The van der Waals surface area contributed by atoms with E-state index in [0.717, 1.165) is 0 Å². The second-order valence-electron chi connectivity index (χ2n) is 3.64. The average molecular weight is 245 g/mol. The Morgan fingerprint density at radius 2 is 2.38 bits per heavy atom. The molecule has 0 aliphatic rings. The highest BCUT2D eigenvalue weighted by molar-refractivity contribution is 7.89. The molecule has 90 valence electrons. The van der Waals surface area contributed by atoms with E-state index in [0.29, 0.717) is 6.42 Å². The fourth-order valence-corrected chi connectivity index (χ4v) is 2.42. The topological polar surface area (TPSA) is 125 Å². The molecule has 1 heterocycles. The largest absolute Gasteiger partial charge is 0.386 e. The molecular formula is C8H15N5O2S. The lowest BCUT2D eigenvalue weighted by molar-refractivity contribution is 0.505. The van der Waals surface area contributed by atoms with Gasteiger partial charge in [0.25, 0.3) is 0 Å². The van der Waals surface area contributed by atoms with Crippen molar-refractivity contribution >= 4 is 15.9 Å². The molecule has 1 aromatic heterocycles. The summed E-state index contributed by atoms with van der Waals surface area (Å²) in [6.07, 6.45) is 2.84. The van der Waals surface area contributed by atoms with Crippen LogP contribution in [0.3, 0.4) is 0 Å². The number of aromatic nitrogens is 2. The summed E-state index contributed by atoms with van der Waals surface area (Å²) in [5.74, 6) is -0.220. The summed E-state index contributed by atoms with van der Waals surface area (Å²) in [6.45, 7) is 3.31. The van der Waals surface area contributed by atoms with Crippen LogP contribution in [0.15, 0.2) is 17.3 Å². The van der Waals surface area contributed by atoms with Gasteiger partial charge in [0.05, 0.1) is 11.7 Å². The van der Waals surface area contributed by atoms with Gasteiger partial charge in [-0.15, -0.1) is 0 Å². The lowest BCUT2D eigenvalue weighted by Gasteiger charge is -2.27. The molecule has 0 amide bonds. The Morgan fingerprint density at radius 1 is 1.75 bits per heavy atom. The van der Waals surface area contributed by atoms with Crippen molar-refractivity contribution in [3.63, 3.8) is 0 Å². The van der Waals surface area contributed by atoms with E-state index >= 15 is 0 Å². The van der Waals surface area contributed by atoms with Gasteiger partial charge < -0.3 is 5.73 Å². The SMILES string of the molecule is CCC(C)(NS(=O)(=O)c1cn[nH]c1)C(=N)N. The molecule has 16 heavy (non-hydrogen) atoms. The normalized spacial score (nSPS) is 15.6. The van der Waals surface area contributed by atoms with E-state index in [1.807, 2.05) is 0 Å². The first-order chi connectivity index (χ1) is 7.32. The predicted molar refractivity (Wildman–Crippen MR) is 59.5 cm³/mol. The minimum Gasteiger partial charge on any atom is -0.386 e. The molecular weight excluding hydrogens is 230 g/mol. The van der Waals surface area contributed by atoms with Crippen molar-refractivity contribution in [1.29, 1.82) is 5.41 Å². The minimum absolute atomic E-state index is 0.0217. The van der Waals surface area contributed by atoms with E-state index in [2.05, 4.69) is 14.9 Å². The van der Waals surface area contributed by atoms with Crippen LogP contribution in [-0.4, -0.2) is 30.0 Å². The highest BCUT2D eigenvalue weighted by Gasteiger charge is 2.32. The minimum atomic E-state index is -3.70. The van der Waals surface area contributed by atoms with Gasteiger partial charge >= 0.3 is 0 Å². The van der Waals surface area contributed by atoms with Crippen molar-refractivity contribution in [3.8, 4) is 0 Å². The summed E-state index contributed by atoms with van der Waals surface area (Å²) < 4.78 is 26.1. The van der Waals surface area contributed by atoms with Crippen LogP contribution in [0, 0.1) is 5.41 Å². The molecule has 0 saturated carbocycles. The molecule has 0 aromatic carbocycles. The lowest BCUT2D eigenvalue weighted by atomic mass is 10.00. The molecule has 1 atom stereocenters. The Morgan fingerprint density at radius 3 is 2.75 bits per heavy atom. The van der Waals surface area contributed by atoms with E-state index in [4.69, 9.17) is 11.1 Å². The third-order valence-corrected chi connectivity index (χ3v) is 4.01. The quantitative estimate of drug-likeness (QED) is 0.423. The zero-order chi connectivity index (χ0) is 12.4. The van der Waals surface area contributed by atoms with Crippen molar-refractivity contribution < 1.29 is 8.42 Å². The smallest absolute Gasteiger partial charge is 0.244 e. The maximum Gasteiger partial charge on any atom is 0.244 e. The maximum atomic E-state index is 11.8. The number of H-pyrrole nitrogens is 1. The molecule has 1 aromatic rings. The summed E-state index contributed by atoms with van der Waals surface area (Å²) in [5, 5.41) is 13.4. The number of nitrogens with one attached hydrogen (secondary N) is 3. The zero-order valence-corrected chi connectivity index (χ0v) is 9.93. The predicted octanol–water partition coefficient (Wildman–Crippen LogP) is -0.207. The number of hydrogen-bond donors (Lipinski definition) is 4. The average Bonchev–Trinajstić information content (AvgIpc) is 2.70. The number of nitrogens with zero attached hydrogens (tertiary/aromatic N) is 1. The highest BCUT2D eigenvalue weighted by atomic mass is 32.2. The van der Waals surface area contributed by atoms with Crippen LogP contribution >= 0.6 is 0 Å². The number of sulfonamides is 1. The van der Waals surface area contributed by atoms with E-state index in [1.54, 1.807) is 13.8 Å². The van der Waals surface area contributed by atoms with Gasteiger partial charge in [0.15, 0.2) is 0 Å². The van der Waals surface area contributed by atoms with E-state index in [-0.39, 0.29) is 10.7 Å². The molecule has 7 nitrogen and oxygen atoms in total. The second kappa shape index (κ2) is 4.22. The van der Waals surface area contributed by atoms with Gasteiger partial charge in [0.1, 0.15) is 10.7 Å². The number of hydrogen-bond acceptors (Lipinski definition) is 4. The molecule has 0 fully saturated rings. The van der Waals surface area contributed by atoms with Gasteiger partial charge in [-0.05, 0) is 13.3 Å². The van der Waals surface area contributed by atoms with Crippen molar-refractivity contribution in [2.24, 2.45) is 5.73 Å². The number of aromatic amines is 1. The van der Waals surface area contributed by atoms with Gasteiger partial charge in [-0.1, -0.05) is 6.92 Å². The van der Waals surface area contributed by atoms with Crippen molar-refractivity contribution in [3.05, 3.63) is 12.4 Å². The summed E-state index contributed by atoms with van der Waals surface area (Å²) in [6, 6.07) is 0. The monoisotopic (exact) mass is 245 g/mol. The Bertz CT molecular complexity index is 467. The third-order valence-electron chi connectivity index (χ3n) is 2.44. The standard InChI is InChI=1S/C8H15N5O2S/c1-3-8(2,7(9)10)13-16(14,15)6-4-11-12-5-6/h4-5,13H,3H2,1-2H3,(H3,9,10)(H,11,12). The Balaban J connectivity index is 3.01. The molecule has 0 aliphatic carbocycles. The van der Waals surface area contributed by atoms with E-state index in [1.165, 1.54) is 12.4 Å². The summed E-state index contributed by atoms with van der Waals surface area (Å²) >= 11 is 0. The molecule has 0 bridgehead atoms. The Hall–Kier alpha value is -1.41. The fraction of sp³-hybridized carbons (Fsp3) is 0.500. The van der Waals surface area contributed by atoms with Crippen LogP contribution in [0.25, 0.3) is 0 Å². The molecule has 1 rings (SSSR count). The van der Waals surface area contributed by atoms with Crippen LogP contribution in [0.1, 0.15) is 20.3 Å². The Labute approximate surface area is 94.0 Å². The third kappa shape index (κ3) is 2.39. The van der Waals surface area contributed by atoms with Gasteiger partial charge in [-0.2, -0.15) is 9.82 Å². The van der Waals surface area contributed by atoms with Crippen LogP contribution in [0.4, 0.5) is 0 Å². The number of amidine groups is 1. The molecule has 0 radical (unpaired) electrons. The van der Waals surface area contributed by atoms with Crippen LogP contribution in [0.2, 0.25) is 0 Å². The van der Waals surface area contributed by atoms with Gasteiger partial charge in [0.2, 0.25) is 10.0 Å². The molecule has 1 unspecified atom stereocenters. The van der Waals surface area contributed by atoms with E-state index < -0.39 is 15.6 Å². The summed E-state index contributed by atoms with van der Waals surface area (Å²) in [5.41, 5.74) is 4.30. The Kier molecular flexibility index (Phi) is 3.34. The van der Waals surface area contributed by atoms with Crippen molar-refractivity contribution in [2.45, 2.75) is 30.7 Å². The number of nitrogens with two attached hydrogens (primary N) is 1. The van der Waals surface area contributed by atoms with Crippen molar-refractivity contribution in [2.75, 3.05) is 0 Å². The molecule has 5 N–H and O–H groups in total. The lowest BCUT2D eigenvalue weighted by Crippen LogP contribution is -2.54. The summed E-state index contributed by atoms with van der Waals surface area (Å²) in [7, 11) is -3.70. The molecule has 0 aliphatic heterocycles. The highest BCUT2D eigenvalue weighted by Crippen LogP contribution is 2.14. The maximum absolute atomic E-state index is 11.8. The number of rotatable bonds is 5.